The Kier molecular flexibility index (Phi) is 4.70. The summed E-state index contributed by atoms with van der Waals surface area (Å²) >= 11 is 0. The number of hydrogen-bond donors (Lipinski definition) is 1. The Balaban J connectivity index is 1.48. The number of carbonyl (C=O) groups excluding carboxylic acids is 1. The molecule has 1 saturated heterocycles. The number of nitrogens with zero attached hydrogens (tertiary/aromatic N) is 6. The van der Waals surface area contributed by atoms with Gasteiger partial charge in [-0.1, -0.05) is 6.07 Å². The summed E-state index contributed by atoms with van der Waals surface area (Å²) in [7, 11) is 0. The molecule has 1 amide bonds. The van der Waals surface area contributed by atoms with Crippen molar-refractivity contribution in [3.05, 3.63) is 48.3 Å². The van der Waals surface area contributed by atoms with Crippen molar-refractivity contribution < 1.29 is 9.53 Å². The summed E-state index contributed by atoms with van der Waals surface area (Å²) in [6, 6.07) is 6.03. The van der Waals surface area contributed by atoms with Crippen LogP contribution in [0.25, 0.3) is 33.8 Å². The van der Waals surface area contributed by atoms with Crippen LogP contribution >= 0.6 is 0 Å². The second-order valence-electron chi connectivity index (χ2n) is 9.25. The normalized spacial score (nSPS) is 19.8. The molecule has 0 spiro atoms. The molecule has 6 rings (SSSR count). The Hall–Kier alpha value is -3.72. The number of nitrogens with one attached hydrogen (secondary N) is 1. The van der Waals surface area contributed by atoms with E-state index >= 15 is 0 Å². The summed E-state index contributed by atoms with van der Waals surface area (Å²) in [6.45, 7) is 8.06. The average molecular weight is 456 g/mol. The number of rotatable bonds is 5. The zero-order valence-corrected chi connectivity index (χ0v) is 19.4. The van der Waals surface area contributed by atoms with Crippen molar-refractivity contribution in [2.45, 2.75) is 39.2 Å². The van der Waals surface area contributed by atoms with Crippen molar-refractivity contribution in [3.8, 4) is 22.6 Å². The zero-order chi connectivity index (χ0) is 23.4. The average Bonchev–Trinajstić information content (AvgIpc) is 3.31. The largest absolute Gasteiger partial charge is 0.381 e. The van der Waals surface area contributed by atoms with Gasteiger partial charge in [0.2, 0.25) is 5.91 Å². The first-order valence-corrected chi connectivity index (χ1v) is 11.5. The second-order valence-corrected chi connectivity index (χ2v) is 9.25. The van der Waals surface area contributed by atoms with Crippen molar-refractivity contribution in [2.24, 2.45) is 5.92 Å². The molecule has 2 aliphatic rings. The van der Waals surface area contributed by atoms with Gasteiger partial charge in [0.25, 0.3) is 0 Å². The highest BCUT2D eigenvalue weighted by atomic mass is 16.5. The first-order chi connectivity index (χ1) is 16.5. The molecule has 1 fully saturated rings. The highest BCUT2D eigenvalue weighted by Gasteiger charge is 2.45. The highest BCUT2D eigenvalue weighted by molar-refractivity contribution is 6.06. The fourth-order valence-electron chi connectivity index (χ4n) is 5.00. The van der Waals surface area contributed by atoms with Crippen molar-refractivity contribution in [1.82, 2.24) is 29.5 Å². The van der Waals surface area contributed by atoms with E-state index in [1.54, 1.807) is 18.7 Å². The van der Waals surface area contributed by atoms with E-state index < -0.39 is 5.41 Å². The third-order valence-corrected chi connectivity index (χ3v) is 6.93. The SMILES string of the molecule is CCn1c(-c2cnc(C)nc2)nc2c(-c3ccc4c(c3)[C@@](C)(CC3COC3)C(=O)N4)ncnc21. The minimum atomic E-state index is -0.598. The van der Waals surface area contributed by atoms with Gasteiger partial charge in [0, 0.05) is 36.1 Å². The number of benzene rings is 1. The molecule has 5 heterocycles. The number of ether oxygens (including phenoxy) is 1. The van der Waals surface area contributed by atoms with Gasteiger partial charge in [0.05, 0.1) is 24.2 Å². The van der Waals surface area contributed by atoms with E-state index in [1.165, 1.54) is 0 Å². The van der Waals surface area contributed by atoms with Gasteiger partial charge in [-0.25, -0.2) is 24.9 Å². The Morgan fingerprint density at radius 3 is 2.65 bits per heavy atom. The van der Waals surface area contributed by atoms with Crippen LogP contribution in [0.1, 0.15) is 31.7 Å². The minimum absolute atomic E-state index is 0.0382. The predicted octanol–water partition coefficient (Wildman–Crippen LogP) is 3.52. The van der Waals surface area contributed by atoms with Crippen molar-refractivity contribution >= 4 is 22.8 Å². The number of aryl methyl sites for hydroxylation is 2. The Bertz CT molecular complexity index is 1430. The van der Waals surface area contributed by atoms with Gasteiger partial charge in [0.15, 0.2) is 5.65 Å². The van der Waals surface area contributed by atoms with Crippen LogP contribution in [0, 0.1) is 12.8 Å². The van der Waals surface area contributed by atoms with Gasteiger partial charge >= 0.3 is 0 Å². The van der Waals surface area contributed by atoms with E-state index in [9.17, 15) is 4.79 Å². The minimum Gasteiger partial charge on any atom is -0.381 e. The van der Waals surface area contributed by atoms with Crippen LogP contribution in [0.3, 0.4) is 0 Å². The van der Waals surface area contributed by atoms with Crippen molar-refractivity contribution in [1.29, 1.82) is 0 Å². The number of hydrogen-bond acceptors (Lipinski definition) is 7. The smallest absolute Gasteiger partial charge is 0.234 e. The molecule has 2 aliphatic heterocycles. The summed E-state index contributed by atoms with van der Waals surface area (Å²) in [4.78, 5) is 35.7. The standard InChI is InChI=1S/C25H25N7O2/c1-4-32-22(17-9-26-14(2)27-10-17)31-21-20(28-13-29-23(21)32)16-5-6-19-18(7-16)25(3,24(33)30-19)8-15-11-34-12-15/h5-7,9-10,13,15H,4,8,11-12H2,1-3H3,(H,30,33)/t25-/m1/s1. The molecule has 1 aromatic carbocycles. The lowest BCUT2D eigenvalue weighted by Crippen LogP contribution is -2.39. The predicted molar refractivity (Wildman–Crippen MR) is 127 cm³/mol. The molecule has 9 nitrogen and oxygen atoms in total. The molecule has 3 aromatic heterocycles. The molecule has 0 unspecified atom stereocenters. The lowest BCUT2D eigenvalue weighted by molar-refractivity contribution is -0.122. The lowest BCUT2D eigenvalue weighted by atomic mass is 9.75. The molecule has 0 radical (unpaired) electrons. The van der Waals surface area contributed by atoms with E-state index in [2.05, 4.69) is 38.2 Å². The maximum Gasteiger partial charge on any atom is 0.234 e. The monoisotopic (exact) mass is 455 g/mol. The molecule has 0 bridgehead atoms. The third-order valence-electron chi connectivity index (χ3n) is 6.93. The molecule has 9 heteroatoms. The van der Waals surface area contributed by atoms with Crippen molar-refractivity contribution in [3.63, 3.8) is 0 Å². The van der Waals surface area contributed by atoms with E-state index in [0.29, 0.717) is 37.0 Å². The van der Waals surface area contributed by atoms with Crippen LogP contribution in [0.15, 0.2) is 36.9 Å². The number of imidazole rings is 1. The molecular weight excluding hydrogens is 430 g/mol. The third kappa shape index (κ3) is 3.11. The summed E-state index contributed by atoms with van der Waals surface area (Å²) in [5.41, 5.74) is 5.20. The molecule has 1 N–H and O–H groups in total. The van der Waals surface area contributed by atoms with Gasteiger partial charge in [-0.15, -0.1) is 0 Å². The van der Waals surface area contributed by atoms with Gasteiger partial charge in [0.1, 0.15) is 29.2 Å². The Morgan fingerprint density at radius 1 is 1.15 bits per heavy atom. The Labute approximate surface area is 196 Å². The molecule has 0 aliphatic carbocycles. The van der Waals surface area contributed by atoms with E-state index in [-0.39, 0.29) is 5.91 Å². The summed E-state index contributed by atoms with van der Waals surface area (Å²) < 4.78 is 7.40. The van der Waals surface area contributed by atoms with Gasteiger partial charge in [-0.3, -0.25) is 4.79 Å². The second kappa shape index (κ2) is 7.66. The van der Waals surface area contributed by atoms with Crippen molar-refractivity contribution in [2.75, 3.05) is 18.5 Å². The van der Waals surface area contributed by atoms with Crippen LogP contribution < -0.4 is 5.32 Å². The van der Waals surface area contributed by atoms with Crippen LogP contribution in [-0.2, 0) is 21.5 Å². The highest BCUT2D eigenvalue weighted by Crippen LogP contribution is 2.45. The first kappa shape index (κ1) is 20.9. The van der Waals surface area contributed by atoms with Crippen LogP contribution in [0.2, 0.25) is 0 Å². The van der Waals surface area contributed by atoms with Gasteiger partial charge in [-0.2, -0.15) is 0 Å². The summed E-state index contributed by atoms with van der Waals surface area (Å²) in [5, 5.41) is 3.06. The van der Waals surface area contributed by atoms with Gasteiger partial charge in [-0.05, 0) is 44.9 Å². The molecule has 4 aromatic rings. The fourth-order valence-corrected chi connectivity index (χ4v) is 5.00. The van der Waals surface area contributed by atoms with Gasteiger partial charge < -0.3 is 14.6 Å². The number of carbonyl (C=O) groups is 1. The molecule has 0 saturated carbocycles. The number of aromatic nitrogens is 6. The number of anilines is 1. The van der Waals surface area contributed by atoms with Crippen LogP contribution in [0.4, 0.5) is 5.69 Å². The maximum atomic E-state index is 13.0. The summed E-state index contributed by atoms with van der Waals surface area (Å²) in [5.74, 6) is 1.90. The fraction of sp³-hybridized carbons (Fsp3) is 0.360. The number of fused-ring (bicyclic) bond motifs is 2. The summed E-state index contributed by atoms with van der Waals surface area (Å²) in [6.07, 6.45) is 5.90. The van der Waals surface area contributed by atoms with E-state index in [4.69, 9.17) is 9.72 Å². The zero-order valence-electron chi connectivity index (χ0n) is 19.4. The molecule has 1 atom stereocenters. The lowest BCUT2D eigenvalue weighted by Gasteiger charge is -2.33. The molecular formula is C25H25N7O2. The molecule has 172 valence electrons. The first-order valence-electron chi connectivity index (χ1n) is 11.5. The quantitative estimate of drug-likeness (QED) is 0.490. The Morgan fingerprint density at radius 2 is 1.94 bits per heavy atom. The molecule has 34 heavy (non-hydrogen) atoms. The number of amides is 1. The van der Waals surface area contributed by atoms with E-state index in [1.807, 2.05) is 30.5 Å². The maximum absolute atomic E-state index is 13.0. The van der Waals surface area contributed by atoms with E-state index in [0.717, 1.165) is 46.0 Å². The van der Waals surface area contributed by atoms with Crippen LogP contribution in [0.5, 0.6) is 0 Å². The topological polar surface area (TPSA) is 108 Å². The van der Waals surface area contributed by atoms with Crippen LogP contribution in [-0.4, -0.2) is 48.6 Å².